The van der Waals surface area contributed by atoms with Crippen molar-refractivity contribution in [3.05, 3.63) is 59.7 Å². The van der Waals surface area contributed by atoms with E-state index in [0.717, 1.165) is 29.0 Å². The number of thioether (sulfide) groups is 1. The molecule has 0 saturated carbocycles. The fourth-order valence-corrected chi connectivity index (χ4v) is 6.10. The van der Waals surface area contributed by atoms with Gasteiger partial charge < -0.3 is 9.84 Å². The highest BCUT2D eigenvalue weighted by Crippen LogP contribution is 2.48. The Bertz CT molecular complexity index is 1190. The van der Waals surface area contributed by atoms with E-state index >= 15 is 0 Å². The van der Waals surface area contributed by atoms with E-state index in [4.69, 9.17) is 14.7 Å². The van der Waals surface area contributed by atoms with E-state index in [1.54, 1.807) is 11.3 Å². The third-order valence-corrected chi connectivity index (χ3v) is 7.40. The molecule has 1 aliphatic rings. The Morgan fingerprint density at radius 3 is 2.72 bits per heavy atom. The van der Waals surface area contributed by atoms with Crippen molar-refractivity contribution < 1.29 is 9.84 Å². The topological polar surface area (TPSA) is 55.2 Å². The summed E-state index contributed by atoms with van der Waals surface area (Å²) in [5.41, 5.74) is 4.16. The molecule has 3 heterocycles. The van der Waals surface area contributed by atoms with Gasteiger partial charge in [-0.1, -0.05) is 48.0 Å². The number of aliphatic hydroxyl groups is 1. The molecule has 0 atom stereocenters. The van der Waals surface area contributed by atoms with E-state index in [-0.39, 0.29) is 13.2 Å². The normalized spacial score (nSPS) is 13.0. The van der Waals surface area contributed by atoms with Crippen LogP contribution in [0.2, 0.25) is 0 Å². The van der Waals surface area contributed by atoms with Gasteiger partial charge in [0, 0.05) is 31.9 Å². The first-order valence-electron chi connectivity index (χ1n) is 9.61. The predicted molar refractivity (Wildman–Crippen MR) is 120 cm³/mol. The number of aryl methyl sites for hydroxylation is 1. The molecule has 1 aliphatic heterocycles. The van der Waals surface area contributed by atoms with Crippen molar-refractivity contribution in [2.75, 3.05) is 19.0 Å². The van der Waals surface area contributed by atoms with E-state index < -0.39 is 0 Å². The van der Waals surface area contributed by atoms with E-state index in [9.17, 15) is 5.11 Å². The summed E-state index contributed by atoms with van der Waals surface area (Å²) in [6.45, 7) is 2.25. The van der Waals surface area contributed by atoms with Crippen LogP contribution in [-0.4, -0.2) is 34.0 Å². The lowest BCUT2D eigenvalue weighted by atomic mass is 10.1. The molecule has 1 N–H and O–H groups in total. The molecule has 4 nitrogen and oxygen atoms in total. The maximum atomic E-state index is 9.29. The lowest BCUT2D eigenvalue weighted by Gasteiger charge is -2.14. The van der Waals surface area contributed by atoms with Gasteiger partial charge in [0.1, 0.15) is 6.61 Å². The van der Waals surface area contributed by atoms with Crippen molar-refractivity contribution in [2.24, 2.45) is 0 Å². The van der Waals surface area contributed by atoms with Gasteiger partial charge in [0.25, 0.3) is 0 Å². The van der Waals surface area contributed by atoms with Gasteiger partial charge in [-0.3, -0.25) is 0 Å². The zero-order valence-corrected chi connectivity index (χ0v) is 17.6. The Kier molecular flexibility index (Phi) is 4.99. The van der Waals surface area contributed by atoms with Gasteiger partial charge in [-0.25, -0.2) is 4.98 Å². The highest BCUT2D eigenvalue weighted by molar-refractivity contribution is 7.99. The third kappa shape index (κ3) is 3.41. The fourth-order valence-electron chi connectivity index (χ4n) is 3.55. The second-order valence-electron chi connectivity index (χ2n) is 6.97. The van der Waals surface area contributed by atoms with Crippen molar-refractivity contribution in [1.82, 2.24) is 9.97 Å². The Hall–Kier alpha value is -2.41. The second-order valence-corrected chi connectivity index (χ2v) is 9.13. The SMILES string of the molecule is Cc1ccc(-c2nc(OCCO)c3c(n2)-c2sc4ccccc4c2SCC3)cc1. The standard InChI is InChI=1S/C23H20N2O2S2/c1-14-6-8-15(9-7-14)22-24-19-17(23(25-22)27-12-11-26)10-13-28-20-16-4-2-3-5-18(16)29-21(19)20/h2-9,26H,10-13H2,1H3. The van der Waals surface area contributed by atoms with Crippen LogP contribution in [0.4, 0.5) is 0 Å². The van der Waals surface area contributed by atoms with Gasteiger partial charge >= 0.3 is 0 Å². The summed E-state index contributed by atoms with van der Waals surface area (Å²) in [4.78, 5) is 12.3. The van der Waals surface area contributed by atoms with Crippen LogP contribution < -0.4 is 4.74 Å². The molecule has 0 radical (unpaired) electrons. The Morgan fingerprint density at radius 1 is 1.07 bits per heavy atom. The van der Waals surface area contributed by atoms with Crippen LogP contribution in [0, 0.1) is 6.92 Å². The highest BCUT2D eigenvalue weighted by Gasteiger charge is 2.26. The molecule has 2 aromatic heterocycles. The molecule has 5 rings (SSSR count). The minimum atomic E-state index is -0.0401. The quantitative estimate of drug-likeness (QED) is 0.482. The van der Waals surface area contributed by atoms with Crippen LogP contribution in [0.1, 0.15) is 11.1 Å². The molecule has 0 unspecified atom stereocenters. The summed E-state index contributed by atoms with van der Waals surface area (Å²) in [6.07, 6.45) is 0.838. The number of hydrogen-bond acceptors (Lipinski definition) is 6. The summed E-state index contributed by atoms with van der Waals surface area (Å²) >= 11 is 3.65. The monoisotopic (exact) mass is 420 g/mol. The number of aromatic nitrogens is 2. The first-order chi connectivity index (χ1) is 14.2. The van der Waals surface area contributed by atoms with Crippen LogP contribution >= 0.6 is 23.1 Å². The zero-order valence-electron chi connectivity index (χ0n) is 16.0. The number of nitrogens with zero attached hydrogens (tertiary/aromatic N) is 2. The molecular formula is C23H20N2O2S2. The van der Waals surface area contributed by atoms with Crippen molar-refractivity contribution in [2.45, 2.75) is 18.2 Å². The van der Waals surface area contributed by atoms with Crippen molar-refractivity contribution in [3.63, 3.8) is 0 Å². The van der Waals surface area contributed by atoms with Crippen LogP contribution in [0.5, 0.6) is 5.88 Å². The van der Waals surface area contributed by atoms with Crippen molar-refractivity contribution in [1.29, 1.82) is 0 Å². The smallest absolute Gasteiger partial charge is 0.220 e. The second kappa shape index (κ2) is 7.78. The summed E-state index contributed by atoms with van der Waals surface area (Å²) in [5, 5.41) is 10.6. The summed E-state index contributed by atoms with van der Waals surface area (Å²) in [5.74, 6) is 2.20. The van der Waals surface area contributed by atoms with Gasteiger partial charge in [-0.15, -0.1) is 23.1 Å². The molecule has 2 aromatic carbocycles. The summed E-state index contributed by atoms with van der Waals surface area (Å²) in [7, 11) is 0. The van der Waals surface area contributed by atoms with Gasteiger partial charge in [0.15, 0.2) is 5.82 Å². The Labute approximate surface area is 177 Å². The number of thiophene rings is 1. The van der Waals surface area contributed by atoms with Crippen LogP contribution in [0.15, 0.2) is 53.4 Å². The molecular weight excluding hydrogens is 400 g/mol. The van der Waals surface area contributed by atoms with Crippen molar-refractivity contribution in [3.8, 4) is 27.8 Å². The molecule has 0 amide bonds. The average molecular weight is 421 g/mol. The van der Waals surface area contributed by atoms with Crippen molar-refractivity contribution >= 4 is 33.2 Å². The molecule has 0 bridgehead atoms. The maximum absolute atomic E-state index is 9.29. The average Bonchev–Trinajstić information content (AvgIpc) is 3.01. The molecule has 0 aliphatic carbocycles. The lowest BCUT2D eigenvalue weighted by Crippen LogP contribution is -2.09. The van der Waals surface area contributed by atoms with Crippen LogP contribution in [0.3, 0.4) is 0 Å². The van der Waals surface area contributed by atoms with Gasteiger partial charge in [0.2, 0.25) is 5.88 Å². The number of hydrogen-bond donors (Lipinski definition) is 1. The van der Waals surface area contributed by atoms with E-state index in [1.165, 1.54) is 25.4 Å². The lowest BCUT2D eigenvalue weighted by molar-refractivity contribution is 0.195. The first-order valence-corrected chi connectivity index (χ1v) is 11.4. The highest BCUT2D eigenvalue weighted by atomic mass is 32.2. The Morgan fingerprint density at radius 2 is 1.90 bits per heavy atom. The first kappa shape index (κ1) is 18.6. The molecule has 29 heavy (non-hydrogen) atoms. The number of rotatable bonds is 4. The van der Waals surface area contributed by atoms with Gasteiger partial charge in [-0.05, 0) is 19.4 Å². The van der Waals surface area contributed by atoms with Gasteiger partial charge in [0.05, 0.1) is 17.2 Å². The minimum absolute atomic E-state index is 0.0401. The number of ether oxygens (including phenoxy) is 1. The molecule has 4 aromatic rings. The van der Waals surface area contributed by atoms with Crippen LogP contribution in [0.25, 0.3) is 32.0 Å². The zero-order chi connectivity index (χ0) is 19.8. The van der Waals surface area contributed by atoms with Crippen LogP contribution in [-0.2, 0) is 6.42 Å². The summed E-state index contributed by atoms with van der Waals surface area (Å²) in [6, 6.07) is 16.8. The molecule has 6 heteroatoms. The molecule has 0 fully saturated rings. The van der Waals surface area contributed by atoms with E-state index in [1.807, 2.05) is 23.9 Å². The van der Waals surface area contributed by atoms with Gasteiger partial charge in [-0.2, -0.15) is 4.98 Å². The largest absolute Gasteiger partial charge is 0.475 e. The third-order valence-electron chi connectivity index (χ3n) is 4.97. The number of benzene rings is 2. The Balaban J connectivity index is 1.75. The molecule has 146 valence electrons. The predicted octanol–water partition coefficient (Wildman–Crippen LogP) is 5.35. The van der Waals surface area contributed by atoms with E-state index in [2.05, 4.69) is 43.3 Å². The minimum Gasteiger partial charge on any atom is -0.475 e. The number of aliphatic hydroxyl groups excluding tert-OH is 1. The maximum Gasteiger partial charge on any atom is 0.220 e. The van der Waals surface area contributed by atoms with E-state index in [0.29, 0.717) is 11.7 Å². The molecule has 0 saturated heterocycles. The summed E-state index contributed by atoms with van der Waals surface area (Å²) < 4.78 is 7.15. The molecule has 0 spiro atoms. The fraction of sp³-hybridized carbons (Fsp3) is 0.217. The number of fused-ring (bicyclic) bond motifs is 5.